The molecule has 0 saturated carbocycles. The molecule has 7 heteroatoms. The van der Waals surface area contributed by atoms with Gasteiger partial charge in [0.1, 0.15) is 6.26 Å². The Hall–Kier alpha value is -3.48. The SMILES string of the molecule is C=C(/C=C\C1=COCO1)[C@H]1CN(C)C(=O)CN(C)C(=O)[C@H](C)Cc2c1[nH]c1ccccc21. The molecule has 3 heterocycles. The molecular weight excluding hydrogens is 406 g/mol. The van der Waals surface area contributed by atoms with E-state index in [1.165, 1.54) is 4.90 Å². The molecule has 2 aromatic rings. The molecule has 0 fully saturated rings. The maximum atomic E-state index is 12.9. The molecule has 0 aliphatic carbocycles. The van der Waals surface area contributed by atoms with Gasteiger partial charge >= 0.3 is 0 Å². The first-order chi connectivity index (χ1) is 15.3. The molecule has 0 saturated heterocycles. The van der Waals surface area contributed by atoms with E-state index in [1.807, 2.05) is 37.3 Å². The zero-order chi connectivity index (χ0) is 22.8. The van der Waals surface area contributed by atoms with E-state index >= 15 is 0 Å². The number of nitrogens with one attached hydrogen (secondary N) is 1. The van der Waals surface area contributed by atoms with Crippen LogP contribution in [0.25, 0.3) is 10.9 Å². The maximum absolute atomic E-state index is 12.9. The molecule has 4 rings (SSSR count). The van der Waals surface area contributed by atoms with E-state index in [9.17, 15) is 9.59 Å². The summed E-state index contributed by atoms with van der Waals surface area (Å²) in [5.41, 5.74) is 3.92. The number of ether oxygens (including phenoxy) is 2. The van der Waals surface area contributed by atoms with E-state index < -0.39 is 0 Å². The fourth-order valence-corrected chi connectivity index (χ4v) is 4.32. The molecule has 32 heavy (non-hydrogen) atoms. The van der Waals surface area contributed by atoms with E-state index in [1.54, 1.807) is 25.3 Å². The third-order valence-corrected chi connectivity index (χ3v) is 6.16. The first kappa shape index (κ1) is 21.7. The molecule has 2 aliphatic heterocycles. The number of carbonyl (C=O) groups is 2. The Morgan fingerprint density at radius 3 is 2.75 bits per heavy atom. The summed E-state index contributed by atoms with van der Waals surface area (Å²) in [4.78, 5) is 32.6. The van der Waals surface area contributed by atoms with Crippen LogP contribution in [0.4, 0.5) is 0 Å². The van der Waals surface area contributed by atoms with Gasteiger partial charge < -0.3 is 24.3 Å². The van der Waals surface area contributed by atoms with Crippen molar-refractivity contribution in [1.29, 1.82) is 0 Å². The predicted octanol–water partition coefficient (Wildman–Crippen LogP) is 3.32. The molecule has 1 aromatic carbocycles. The Morgan fingerprint density at radius 1 is 1.22 bits per heavy atom. The van der Waals surface area contributed by atoms with E-state index in [-0.39, 0.29) is 37.0 Å². The molecule has 1 aromatic heterocycles. The molecule has 0 spiro atoms. The van der Waals surface area contributed by atoms with Crippen molar-refractivity contribution in [2.45, 2.75) is 19.3 Å². The monoisotopic (exact) mass is 435 g/mol. The third-order valence-electron chi connectivity index (χ3n) is 6.16. The summed E-state index contributed by atoms with van der Waals surface area (Å²) in [5, 5.41) is 1.09. The number of amides is 2. The second-order valence-electron chi connectivity index (χ2n) is 8.55. The van der Waals surface area contributed by atoms with Gasteiger partial charge in [0.05, 0.1) is 6.54 Å². The average Bonchev–Trinajstić information content (AvgIpc) is 3.42. The number of fused-ring (bicyclic) bond motifs is 3. The van der Waals surface area contributed by atoms with Crippen LogP contribution in [0, 0.1) is 5.92 Å². The van der Waals surface area contributed by atoms with Gasteiger partial charge in [-0.1, -0.05) is 37.8 Å². The first-order valence-electron chi connectivity index (χ1n) is 10.7. The maximum Gasteiger partial charge on any atom is 0.241 e. The van der Waals surface area contributed by atoms with Crippen LogP contribution < -0.4 is 0 Å². The van der Waals surface area contributed by atoms with Crippen molar-refractivity contribution in [3.8, 4) is 0 Å². The lowest BCUT2D eigenvalue weighted by molar-refractivity contribution is -0.140. The van der Waals surface area contributed by atoms with Crippen molar-refractivity contribution in [2.24, 2.45) is 5.92 Å². The minimum atomic E-state index is -0.257. The molecule has 0 bridgehead atoms. The standard InChI is InChI=1S/C25H29N3O4/c1-16(9-10-18-14-31-15-32-18)21-12-27(3)23(29)13-28(4)25(30)17(2)11-20-19-7-5-6-8-22(19)26-24(20)21/h5-10,14,17,21,26H,1,11-13,15H2,2-4H3/b10-9-/t17-,21-/m1/s1. The number of likely N-dealkylation sites (N-methyl/N-ethyl adjacent to an activating group) is 2. The van der Waals surface area contributed by atoms with Crippen molar-refractivity contribution in [3.63, 3.8) is 0 Å². The van der Waals surface area contributed by atoms with Crippen molar-refractivity contribution >= 4 is 22.7 Å². The summed E-state index contributed by atoms with van der Waals surface area (Å²) >= 11 is 0. The largest absolute Gasteiger partial charge is 0.461 e. The normalized spacial score (nSPS) is 22.4. The van der Waals surface area contributed by atoms with Crippen molar-refractivity contribution in [1.82, 2.24) is 14.8 Å². The number of aromatic amines is 1. The van der Waals surface area contributed by atoms with Crippen molar-refractivity contribution in [3.05, 3.63) is 71.8 Å². The lowest BCUT2D eigenvalue weighted by Gasteiger charge is -2.26. The molecule has 0 unspecified atom stereocenters. The highest BCUT2D eigenvalue weighted by molar-refractivity contribution is 5.88. The van der Waals surface area contributed by atoms with Crippen LogP contribution in [0.3, 0.4) is 0 Å². The van der Waals surface area contributed by atoms with Crippen molar-refractivity contribution < 1.29 is 19.1 Å². The molecule has 168 valence electrons. The minimum Gasteiger partial charge on any atom is -0.461 e. The van der Waals surface area contributed by atoms with Gasteiger partial charge in [-0.25, -0.2) is 0 Å². The van der Waals surface area contributed by atoms with Gasteiger partial charge in [-0.05, 0) is 29.7 Å². The number of carbonyl (C=O) groups excluding carboxylic acids is 2. The summed E-state index contributed by atoms with van der Waals surface area (Å²) in [7, 11) is 3.46. The second kappa shape index (κ2) is 8.94. The highest BCUT2D eigenvalue weighted by Gasteiger charge is 2.30. The van der Waals surface area contributed by atoms with Gasteiger partial charge in [-0.3, -0.25) is 9.59 Å². The van der Waals surface area contributed by atoms with E-state index in [4.69, 9.17) is 9.47 Å². The molecular formula is C25H29N3O4. The number of hydrogen-bond donors (Lipinski definition) is 1. The number of H-pyrrole nitrogens is 1. The zero-order valence-electron chi connectivity index (χ0n) is 18.8. The Bertz CT molecular complexity index is 1110. The lowest BCUT2D eigenvalue weighted by Crippen LogP contribution is -2.42. The summed E-state index contributed by atoms with van der Waals surface area (Å²) in [6.07, 6.45) is 5.87. The Balaban J connectivity index is 1.80. The molecule has 2 amide bonds. The highest BCUT2D eigenvalue weighted by atomic mass is 16.7. The van der Waals surface area contributed by atoms with Crippen LogP contribution in [0.2, 0.25) is 0 Å². The molecule has 0 radical (unpaired) electrons. The number of rotatable bonds is 3. The number of benzene rings is 1. The zero-order valence-corrected chi connectivity index (χ0v) is 18.8. The van der Waals surface area contributed by atoms with E-state index in [2.05, 4.69) is 17.6 Å². The summed E-state index contributed by atoms with van der Waals surface area (Å²) < 4.78 is 10.5. The van der Waals surface area contributed by atoms with Gasteiger partial charge in [-0.15, -0.1) is 0 Å². The van der Waals surface area contributed by atoms with Crippen LogP contribution in [0.5, 0.6) is 0 Å². The number of nitrogens with zero attached hydrogens (tertiary/aromatic N) is 2. The molecule has 2 aliphatic rings. The predicted molar refractivity (Wildman–Crippen MR) is 123 cm³/mol. The second-order valence-corrected chi connectivity index (χ2v) is 8.55. The first-order valence-corrected chi connectivity index (χ1v) is 10.7. The molecule has 1 N–H and O–H groups in total. The summed E-state index contributed by atoms with van der Waals surface area (Å²) in [6, 6.07) is 8.10. The van der Waals surface area contributed by atoms with Crippen molar-refractivity contribution in [2.75, 3.05) is 34.0 Å². The number of aromatic nitrogens is 1. The van der Waals surface area contributed by atoms with Crippen LogP contribution in [-0.4, -0.2) is 60.6 Å². The topological polar surface area (TPSA) is 74.9 Å². The third kappa shape index (κ3) is 4.28. The summed E-state index contributed by atoms with van der Waals surface area (Å²) in [6.45, 7) is 6.94. The number of para-hydroxylation sites is 1. The van der Waals surface area contributed by atoms with Gasteiger partial charge in [0.2, 0.25) is 18.6 Å². The van der Waals surface area contributed by atoms with Crippen LogP contribution >= 0.6 is 0 Å². The number of hydrogen-bond acceptors (Lipinski definition) is 4. The number of allylic oxidation sites excluding steroid dienone is 2. The Kier molecular flexibility index (Phi) is 6.08. The van der Waals surface area contributed by atoms with Crippen LogP contribution in [0.1, 0.15) is 24.1 Å². The van der Waals surface area contributed by atoms with Crippen LogP contribution in [0.15, 0.2) is 60.6 Å². The van der Waals surface area contributed by atoms with Gasteiger partial charge in [-0.2, -0.15) is 0 Å². The van der Waals surface area contributed by atoms with Gasteiger partial charge in [0, 0.05) is 49.1 Å². The highest BCUT2D eigenvalue weighted by Crippen LogP contribution is 2.35. The van der Waals surface area contributed by atoms with E-state index in [0.29, 0.717) is 18.7 Å². The fraction of sp³-hybridized carbons (Fsp3) is 0.360. The van der Waals surface area contributed by atoms with Gasteiger partial charge in [0.15, 0.2) is 5.76 Å². The smallest absolute Gasteiger partial charge is 0.241 e. The molecule has 2 atom stereocenters. The van der Waals surface area contributed by atoms with Crippen LogP contribution in [-0.2, 0) is 25.5 Å². The Morgan fingerprint density at radius 2 is 2.00 bits per heavy atom. The molecule has 7 nitrogen and oxygen atoms in total. The fourth-order valence-electron chi connectivity index (χ4n) is 4.32. The van der Waals surface area contributed by atoms with Gasteiger partial charge in [0.25, 0.3) is 0 Å². The quantitative estimate of drug-likeness (QED) is 0.751. The van der Waals surface area contributed by atoms with E-state index in [0.717, 1.165) is 27.7 Å². The minimum absolute atomic E-state index is 0.0366. The summed E-state index contributed by atoms with van der Waals surface area (Å²) in [5.74, 6) is 0.0594. The lowest BCUT2D eigenvalue weighted by atomic mass is 9.88. The Labute approximate surface area is 188 Å². The average molecular weight is 436 g/mol.